The average Bonchev–Trinajstić information content (AvgIpc) is 3.26. The van der Waals surface area contributed by atoms with E-state index in [0.717, 1.165) is 16.4 Å². The van der Waals surface area contributed by atoms with Crippen molar-refractivity contribution in [2.75, 3.05) is 25.1 Å². The molecule has 3 aromatic rings. The van der Waals surface area contributed by atoms with Crippen LogP contribution in [0.4, 0.5) is 5.13 Å². The molecule has 1 fully saturated rings. The molecule has 0 saturated carbocycles. The molecule has 1 aliphatic rings. The van der Waals surface area contributed by atoms with Crippen LogP contribution < -0.4 is 9.64 Å². The van der Waals surface area contributed by atoms with Crippen LogP contribution in [0.3, 0.4) is 0 Å². The highest BCUT2D eigenvalue weighted by Crippen LogP contribution is 2.34. The number of thiazole rings is 1. The van der Waals surface area contributed by atoms with E-state index in [1.807, 2.05) is 11.4 Å². The number of anilines is 1. The van der Waals surface area contributed by atoms with Crippen LogP contribution in [0.5, 0.6) is 5.75 Å². The van der Waals surface area contributed by atoms with E-state index in [1.54, 1.807) is 54.8 Å². The fraction of sp³-hybridized carbons (Fsp3) is 0.286. The molecular formula is C21H20Cl2N2O3S2. The van der Waals surface area contributed by atoms with Gasteiger partial charge in [-0.15, -0.1) is 11.3 Å². The number of piperidine rings is 1. The summed E-state index contributed by atoms with van der Waals surface area (Å²) in [5.74, 6) is 0.644. The third-order valence-electron chi connectivity index (χ3n) is 5.25. The molecule has 0 radical (unpaired) electrons. The number of methoxy groups -OCH3 is 1. The van der Waals surface area contributed by atoms with Crippen molar-refractivity contribution in [3.05, 3.63) is 57.9 Å². The molecule has 158 valence electrons. The van der Waals surface area contributed by atoms with Crippen LogP contribution in [0.25, 0.3) is 11.3 Å². The molecule has 0 unspecified atom stereocenters. The van der Waals surface area contributed by atoms with Gasteiger partial charge in [0, 0.05) is 24.0 Å². The predicted octanol–water partition coefficient (Wildman–Crippen LogP) is 5.57. The SMILES string of the molecule is COc1ccc(S(=O)(=O)C2CCN(c3nc(-c4ccc(Cl)c(Cl)c4)cs3)CC2)cc1. The lowest BCUT2D eigenvalue weighted by atomic mass is 10.1. The van der Waals surface area contributed by atoms with E-state index in [9.17, 15) is 8.42 Å². The number of sulfone groups is 1. The minimum absolute atomic E-state index is 0.345. The molecule has 2 aromatic carbocycles. The Hall–Kier alpha value is -1.80. The van der Waals surface area contributed by atoms with E-state index in [2.05, 4.69) is 4.90 Å². The minimum atomic E-state index is -3.37. The molecule has 0 bridgehead atoms. The summed E-state index contributed by atoms with van der Waals surface area (Å²) in [4.78, 5) is 7.21. The van der Waals surface area contributed by atoms with Gasteiger partial charge in [-0.3, -0.25) is 0 Å². The quantitative estimate of drug-likeness (QED) is 0.475. The first-order chi connectivity index (χ1) is 14.4. The van der Waals surface area contributed by atoms with E-state index in [0.29, 0.717) is 46.6 Å². The summed E-state index contributed by atoms with van der Waals surface area (Å²) in [5.41, 5.74) is 1.74. The zero-order valence-corrected chi connectivity index (χ0v) is 19.4. The predicted molar refractivity (Wildman–Crippen MR) is 123 cm³/mol. The highest BCUT2D eigenvalue weighted by Gasteiger charge is 2.32. The van der Waals surface area contributed by atoms with Gasteiger partial charge in [0.15, 0.2) is 15.0 Å². The van der Waals surface area contributed by atoms with Gasteiger partial charge in [-0.2, -0.15) is 0 Å². The number of halogens is 2. The average molecular weight is 483 g/mol. The van der Waals surface area contributed by atoms with Crippen molar-refractivity contribution < 1.29 is 13.2 Å². The lowest BCUT2D eigenvalue weighted by Crippen LogP contribution is -2.39. The second-order valence-electron chi connectivity index (χ2n) is 7.05. The maximum Gasteiger partial charge on any atom is 0.185 e. The Morgan fingerprint density at radius 3 is 2.40 bits per heavy atom. The van der Waals surface area contributed by atoms with Gasteiger partial charge >= 0.3 is 0 Å². The van der Waals surface area contributed by atoms with Crippen molar-refractivity contribution in [3.8, 4) is 17.0 Å². The number of nitrogens with zero attached hydrogens (tertiary/aromatic N) is 2. The van der Waals surface area contributed by atoms with Crippen LogP contribution in [-0.2, 0) is 9.84 Å². The molecule has 5 nitrogen and oxygen atoms in total. The Morgan fingerprint density at radius 2 is 1.77 bits per heavy atom. The molecular weight excluding hydrogens is 463 g/mol. The maximum atomic E-state index is 13.0. The summed E-state index contributed by atoms with van der Waals surface area (Å²) in [6, 6.07) is 12.0. The summed E-state index contributed by atoms with van der Waals surface area (Å²) >= 11 is 13.7. The first-order valence-electron chi connectivity index (χ1n) is 9.42. The molecule has 0 aliphatic carbocycles. The number of rotatable bonds is 5. The van der Waals surface area contributed by atoms with Gasteiger partial charge in [-0.1, -0.05) is 29.3 Å². The summed E-state index contributed by atoms with van der Waals surface area (Å²) in [7, 11) is -1.81. The van der Waals surface area contributed by atoms with E-state index in [1.165, 1.54) is 0 Å². The largest absolute Gasteiger partial charge is 0.497 e. The lowest BCUT2D eigenvalue weighted by Gasteiger charge is -2.31. The highest BCUT2D eigenvalue weighted by molar-refractivity contribution is 7.92. The molecule has 4 rings (SSSR count). The van der Waals surface area contributed by atoms with Crippen molar-refractivity contribution in [1.29, 1.82) is 0 Å². The van der Waals surface area contributed by atoms with E-state index in [-0.39, 0.29) is 0 Å². The van der Waals surface area contributed by atoms with Crippen molar-refractivity contribution in [3.63, 3.8) is 0 Å². The van der Waals surface area contributed by atoms with Gasteiger partial charge in [-0.05, 0) is 49.2 Å². The van der Waals surface area contributed by atoms with Crippen molar-refractivity contribution >= 4 is 49.5 Å². The molecule has 9 heteroatoms. The lowest BCUT2D eigenvalue weighted by molar-refractivity contribution is 0.414. The van der Waals surface area contributed by atoms with Gasteiger partial charge in [0.2, 0.25) is 0 Å². The normalized spacial score (nSPS) is 15.4. The van der Waals surface area contributed by atoms with Gasteiger partial charge in [0.25, 0.3) is 0 Å². The van der Waals surface area contributed by atoms with E-state index in [4.69, 9.17) is 32.9 Å². The van der Waals surface area contributed by atoms with E-state index >= 15 is 0 Å². The number of hydrogen-bond acceptors (Lipinski definition) is 6. The molecule has 2 heterocycles. The Labute approximate surface area is 190 Å². The first-order valence-corrected chi connectivity index (χ1v) is 12.6. The van der Waals surface area contributed by atoms with Crippen LogP contribution in [-0.4, -0.2) is 38.9 Å². The van der Waals surface area contributed by atoms with Crippen LogP contribution in [0, 0.1) is 0 Å². The smallest absolute Gasteiger partial charge is 0.185 e. The first kappa shape index (κ1) is 21.4. The Bertz CT molecular complexity index is 1140. The van der Waals surface area contributed by atoms with Crippen molar-refractivity contribution in [2.45, 2.75) is 23.0 Å². The number of aromatic nitrogens is 1. The third kappa shape index (κ3) is 4.30. The van der Waals surface area contributed by atoms with Crippen LogP contribution >= 0.6 is 34.5 Å². The number of benzene rings is 2. The van der Waals surface area contributed by atoms with Crippen LogP contribution in [0.2, 0.25) is 10.0 Å². The zero-order valence-electron chi connectivity index (χ0n) is 16.2. The summed E-state index contributed by atoms with van der Waals surface area (Å²) < 4.78 is 31.1. The second kappa shape index (κ2) is 8.75. The molecule has 0 spiro atoms. The third-order valence-corrected chi connectivity index (χ3v) is 9.17. The zero-order chi connectivity index (χ0) is 21.3. The van der Waals surface area contributed by atoms with Gasteiger partial charge < -0.3 is 9.64 Å². The van der Waals surface area contributed by atoms with Gasteiger partial charge in [0.1, 0.15) is 5.75 Å². The highest BCUT2D eigenvalue weighted by atomic mass is 35.5. The van der Waals surface area contributed by atoms with Crippen molar-refractivity contribution in [2.24, 2.45) is 0 Å². The Morgan fingerprint density at radius 1 is 1.07 bits per heavy atom. The Kier molecular flexibility index (Phi) is 6.25. The monoisotopic (exact) mass is 482 g/mol. The standard InChI is InChI=1S/C21H20Cl2N2O3S2/c1-28-15-3-5-16(6-4-15)30(26,27)17-8-10-25(11-9-17)21-24-20(13-29-21)14-2-7-18(22)19(23)12-14/h2-7,12-13,17H,8-11H2,1H3. The second-order valence-corrected chi connectivity index (χ2v) is 10.9. The molecule has 1 aromatic heterocycles. The molecule has 0 N–H and O–H groups in total. The summed E-state index contributed by atoms with van der Waals surface area (Å²) in [6.07, 6.45) is 1.13. The topological polar surface area (TPSA) is 59.5 Å². The summed E-state index contributed by atoms with van der Waals surface area (Å²) in [5, 5.41) is 3.48. The molecule has 0 amide bonds. The minimum Gasteiger partial charge on any atom is -0.497 e. The van der Waals surface area contributed by atoms with E-state index < -0.39 is 15.1 Å². The van der Waals surface area contributed by atoms with Crippen molar-refractivity contribution in [1.82, 2.24) is 4.98 Å². The van der Waals surface area contributed by atoms with Gasteiger partial charge in [-0.25, -0.2) is 13.4 Å². The maximum absolute atomic E-state index is 13.0. The molecule has 1 aliphatic heterocycles. The number of hydrogen-bond donors (Lipinski definition) is 0. The molecule has 30 heavy (non-hydrogen) atoms. The molecule has 1 saturated heterocycles. The fourth-order valence-corrected chi connectivity index (χ4v) is 6.43. The Balaban J connectivity index is 1.44. The van der Waals surface area contributed by atoms with Gasteiger partial charge in [0.05, 0.1) is 33.0 Å². The molecule has 0 atom stereocenters. The van der Waals surface area contributed by atoms with Crippen LogP contribution in [0.15, 0.2) is 52.7 Å². The number of ether oxygens (including phenoxy) is 1. The van der Waals surface area contributed by atoms with Crippen LogP contribution in [0.1, 0.15) is 12.8 Å². The fourth-order valence-electron chi connectivity index (χ4n) is 3.51. The summed E-state index contributed by atoms with van der Waals surface area (Å²) in [6.45, 7) is 1.29.